The van der Waals surface area contributed by atoms with Crippen molar-refractivity contribution < 1.29 is 4.79 Å². The van der Waals surface area contributed by atoms with E-state index in [-0.39, 0.29) is 0 Å². The van der Waals surface area contributed by atoms with Crippen molar-refractivity contribution >= 4 is 18.2 Å². The maximum Gasteiger partial charge on any atom is 0.142 e. The molecule has 0 aliphatic carbocycles. The quantitative estimate of drug-likeness (QED) is 0.296. The highest BCUT2D eigenvalue weighted by Gasteiger charge is 1.90. The molecule has 0 spiro atoms. The second kappa shape index (κ2) is 4.25. The second-order valence-corrected chi connectivity index (χ2v) is 2.09. The van der Waals surface area contributed by atoms with E-state index >= 15 is 0 Å². The van der Waals surface area contributed by atoms with Gasteiger partial charge in [0, 0.05) is 0 Å². The molecule has 0 amide bonds. The molecule has 0 fully saturated rings. The molecule has 62 valence electrons. The Balaban J connectivity index is 2.86. The number of nitrogens with two attached hydrogens (primary N) is 1. The first kappa shape index (κ1) is 8.42. The summed E-state index contributed by atoms with van der Waals surface area (Å²) in [6.45, 7) is 0. The van der Waals surface area contributed by atoms with Gasteiger partial charge in [-0.15, -0.1) is 0 Å². The van der Waals surface area contributed by atoms with Crippen LogP contribution in [-0.2, 0) is 4.79 Å². The monoisotopic (exact) mass is 163 g/mol. The smallest absolute Gasteiger partial charge is 0.142 e. The first-order valence-electron chi connectivity index (χ1n) is 3.42. The third-order valence-electron chi connectivity index (χ3n) is 1.26. The van der Waals surface area contributed by atoms with Crippen LogP contribution in [-0.4, -0.2) is 11.3 Å². The highest BCUT2D eigenvalue weighted by Crippen LogP contribution is 2.03. The average Bonchev–Trinajstić information content (AvgIpc) is 2.15. The van der Waals surface area contributed by atoms with E-state index in [4.69, 9.17) is 5.84 Å². The standard InChI is InChI=1S/C8H9N3O/c9-11-8-5-1-3-7(10-8)4-2-6-12/h1-6H,9H2,(H,10,11). The molecule has 0 saturated carbocycles. The highest BCUT2D eigenvalue weighted by molar-refractivity contribution is 5.73. The summed E-state index contributed by atoms with van der Waals surface area (Å²) in [5.74, 6) is 5.71. The van der Waals surface area contributed by atoms with E-state index in [0.717, 1.165) is 0 Å². The zero-order valence-corrected chi connectivity index (χ0v) is 6.40. The number of anilines is 1. The molecule has 0 atom stereocenters. The Hall–Kier alpha value is -1.68. The molecule has 0 aromatic carbocycles. The molecule has 1 aromatic rings. The molecule has 0 saturated heterocycles. The van der Waals surface area contributed by atoms with E-state index in [2.05, 4.69) is 10.4 Å². The number of rotatable bonds is 3. The number of hydrazine groups is 1. The molecule has 0 radical (unpaired) electrons. The fourth-order valence-corrected chi connectivity index (χ4v) is 0.763. The maximum absolute atomic E-state index is 9.98. The fourth-order valence-electron chi connectivity index (χ4n) is 0.763. The number of nitrogens with zero attached hydrogens (tertiary/aromatic N) is 1. The van der Waals surface area contributed by atoms with Gasteiger partial charge in [-0.25, -0.2) is 10.8 Å². The SMILES string of the molecule is NNc1cccc(C=CC=O)n1. The van der Waals surface area contributed by atoms with Crippen molar-refractivity contribution in [2.45, 2.75) is 0 Å². The number of pyridine rings is 1. The van der Waals surface area contributed by atoms with Crippen molar-refractivity contribution in [3.05, 3.63) is 30.0 Å². The summed E-state index contributed by atoms with van der Waals surface area (Å²) >= 11 is 0. The lowest BCUT2D eigenvalue weighted by Gasteiger charge is -1.98. The molecule has 1 heterocycles. The van der Waals surface area contributed by atoms with Gasteiger partial charge in [-0.05, 0) is 24.3 Å². The molecule has 1 rings (SSSR count). The number of carbonyl (C=O) groups is 1. The van der Waals surface area contributed by atoms with Gasteiger partial charge in [0.25, 0.3) is 0 Å². The van der Waals surface area contributed by atoms with Crippen LogP contribution in [0.25, 0.3) is 6.08 Å². The lowest BCUT2D eigenvalue weighted by Crippen LogP contribution is -2.08. The van der Waals surface area contributed by atoms with Gasteiger partial charge in [0.2, 0.25) is 0 Å². The summed E-state index contributed by atoms with van der Waals surface area (Å²) < 4.78 is 0. The third kappa shape index (κ3) is 2.17. The van der Waals surface area contributed by atoms with Gasteiger partial charge in [-0.3, -0.25) is 4.79 Å². The predicted molar refractivity (Wildman–Crippen MR) is 47.1 cm³/mol. The number of hydrogen-bond donors (Lipinski definition) is 2. The zero-order chi connectivity index (χ0) is 8.81. The van der Waals surface area contributed by atoms with Crippen molar-refractivity contribution in [3.8, 4) is 0 Å². The summed E-state index contributed by atoms with van der Waals surface area (Å²) in [5.41, 5.74) is 3.10. The minimum Gasteiger partial charge on any atom is -0.308 e. The Bertz CT molecular complexity index is 296. The van der Waals surface area contributed by atoms with Gasteiger partial charge in [-0.1, -0.05) is 6.07 Å². The summed E-state index contributed by atoms with van der Waals surface area (Å²) in [6, 6.07) is 5.31. The number of aromatic nitrogens is 1. The molecular weight excluding hydrogens is 154 g/mol. The summed E-state index contributed by atoms with van der Waals surface area (Å²) in [4.78, 5) is 14.0. The number of nitrogens with one attached hydrogen (secondary N) is 1. The summed E-state index contributed by atoms with van der Waals surface area (Å²) in [5, 5.41) is 0. The maximum atomic E-state index is 9.98. The van der Waals surface area contributed by atoms with Crippen LogP contribution in [0.2, 0.25) is 0 Å². The van der Waals surface area contributed by atoms with E-state index in [9.17, 15) is 4.79 Å². The number of nitrogen functional groups attached to an aromatic ring is 1. The van der Waals surface area contributed by atoms with Gasteiger partial charge in [0.1, 0.15) is 12.1 Å². The van der Waals surface area contributed by atoms with Crippen LogP contribution < -0.4 is 11.3 Å². The largest absolute Gasteiger partial charge is 0.308 e. The molecule has 0 unspecified atom stereocenters. The first-order valence-corrected chi connectivity index (χ1v) is 3.42. The molecule has 12 heavy (non-hydrogen) atoms. The van der Waals surface area contributed by atoms with Crippen molar-refractivity contribution in [1.29, 1.82) is 0 Å². The topological polar surface area (TPSA) is 68.0 Å². The first-order chi connectivity index (χ1) is 5.86. The van der Waals surface area contributed by atoms with Crippen molar-refractivity contribution in [3.63, 3.8) is 0 Å². The third-order valence-corrected chi connectivity index (χ3v) is 1.26. The van der Waals surface area contributed by atoms with Crippen LogP contribution in [0.3, 0.4) is 0 Å². The molecule has 0 bridgehead atoms. The Morgan fingerprint density at radius 3 is 3.00 bits per heavy atom. The molecular formula is C8H9N3O. The van der Waals surface area contributed by atoms with Crippen molar-refractivity contribution in [2.75, 3.05) is 5.43 Å². The van der Waals surface area contributed by atoms with Crippen LogP contribution in [0.1, 0.15) is 5.69 Å². The number of hydrogen-bond acceptors (Lipinski definition) is 4. The van der Waals surface area contributed by atoms with E-state index < -0.39 is 0 Å². The zero-order valence-electron chi connectivity index (χ0n) is 6.40. The molecule has 0 aliphatic heterocycles. The molecule has 4 heteroatoms. The predicted octanol–water partition coefficient (Wildman–Crippen LogP) is 0.579. The van der Waals surface area contributed by atoms with Crippen molar-refractivity contribution in [1.82, 2.24) is 4.98 Å². The molecule has 4 nitrogen and oxygen atoms in total. The van der Waals surface area contributed by atoms with Gasteiger partial charge in [0.05, 0.1) is 5.69 Å². The van der Waals surface area contributed by atoms with Crippen molar-refractivity contribution in [2.24, 2.45) is 5.84 Å². The second-order valence-electron chi connectivity index (χ2n) is 2.09. The minimum absolute atomic E-state index is 0.572. The van der Waals surface area contributed by atoms with Crippen LogP contribution in [0.15, 0.2) is 24.3 Å². The number of allylic oxidation sites excluding steroid dienone is 1. The van der Waals surface area contributed by atoms with Gasteiger partial charge < -0.3 is 5.43 Å². The number of carbonyl (C=O) groups excluding carboxylic acids is 1. The van der Waals surface area contributed by atoms with Crippen LogP contribution in [0.4, 0.5) is 5.82 Å². The van der Waals surface area contributed by atoms with Crippen LogP contribution in [0, 0.1) is 0 Å². The molecule has 1 aromatic heterocycles. The van der Waals surface area contributed by atoms with Crippen LogP contribution in [0.5, 0.6) is 0 Å². The Morgan fingerprint density at radius 1 is 1.50 bits per heavy atom. The Labute approximate surface area is 70.1 Å². The number of aldehydes is 1. The van der Waals surface area contributed by atoms with Crippen LogP contribution >= 0.6 is 0 Å². The lowest BCUT2D eigenvalue weighted by molar-refractivity contribution is -0.104. The van der Waals surface area contributed by atoms with E-state index in [1.165, 1.54) is 6.08 Å². The van der Waals surface area contributed by atoms with E-state index in [1.54, 1.807) is 24.3 Å². The van der Waals surface area contributed by atoms with E-state index in [1.807, 2.05) is 0 Å². The van der Waals surface area contributed by atoms with E-state index in [0.29, 0.717) is 17.8 Å². The Morgan fingerprint density at radius 2 is 2.33 bits per heavy atom. The normalized spacial score (nSPS) is 10.1. The molecule has 3 N–H and O–H groups in total. The fraction of sp³-hybridized carbons (Fsp3) is 0. The Kier molecular flexibility index (Phi) is 2.98. The summed E-state index contributed by atoms with van der Waals surface area (Å²) in [6.07, 6.45) is 3.68. The van der Waals surface area contributed by atoms with Gasteiger partial charge in [0.15, 0.2) is 0 Å². The summed E-state index contributed by atoms with van der Waals surface area (Å²) in [7, 11) is 0. The average molecular weight is 163 g/mol. The highest BCUT2D eigenvalue weighted by atomic mass is 16.1. The minimum atomic E-state index is 0.572. The van der Waals surface area contributed by atoms with Gasteiger partial charge >= 0.3 is 0 Å². The molecule has 0 aliphatic rings. The van der Waals surface area contributed by atoms with Gasteiger partial charge in [-0.2, -0.15) is 0 Å². The lowest BCUT2D eigenvalue weighted by atomic mass is 10.3.